The second-order valence-electron chi connectivity index (χ2n) is 6.00. The second kappa shape index (κ2) is 10.6. The number of carbonyl (C=O) groups is 2. The highest BCUT2D eigenvalue weighted by atomic mass is 35.5. The highest BCUT2D eigenvalue weighted by molar-refractivity contribution is 6.39. The van der Waals surface area contributed by atoms with Crippen LogP contribution in [0.15, 0.2) is 24.4 Å². The van der Waals surface area contributed by atoms with Gasteiger partial charge in [-0.2, -0.15) is 0 Å². The molecule has 0 aliphatic heterocycles. The normalized spacial score (nSPS) is 10.6. The van der Waals surface area contributed by atoms with Gasteiger partial charge in [0.2, 0.25) is 11.9 Å². The SMILES string of the molecule is CCN(CC(=O)Nc1c(Cl)cccc1Cl)C(=O)c1nc(N(CC)CC)ncc1Cl. The molecular weight excluding hydrogens is 437 g/mol. The fraction of sp³-hybridized carbons (Fsp3) is 0.368. The maximum atomic E-state index is 13.0. The predicted octanol–water partition coefficient (Wildman–Crippen LogP) is 4.38. The first-order chi connectivity index (χ1) is 13.8. The van der Waals surface area contributed by atoms with Crippen molar-refractivity contribution in [2.75, 3.05) is 36.4 Å². The number of benzene rings is 1. The topological polar surface area (TPSA) is 78.4 Å². The van der Waals surface area contributed by atoms with Crippen LogP contribution in [-0.2, 0) is 4.79 Å². The molecular formula is C19H22Cl3N5O2. The summed E-state index contributed by atoms with van der Waals surface area (Å²) in [4.78, 5) is 37.2. The van der Waals surface area contributed by atoms with Gasteiger partial charge in [-0.1, -0.05) is 40.9 Å². The number of halogens is 3. The van der Waals surface area contributed by atoms with Crippen LogP contribution in [0.5, 0.6) is 0 Å². The van der Waals surface area contributed by atoms with Crippen LogP contribution in [0.2, 0.25) is 15.1 Å². The van der Waals surface area contributed by atoms with Gasteiger partial charge in [-0.05, 0) is 32.9 Å². The summed E-state index contributed by atoms with van der Waals surface area (Å²) in [7, 11) is 0. The number of carbonyl (C=O) groups excluding carboxylic acids is 2. The molecule has 1 N–H and O–H groups in total. The van der Waals surface area contributed by atoms with Gasteiger partial charge in [-0.3, -0.25) is 9.59 Å². The Balaban J connectivity index is 2.20. The summed E-state index contributed by atoms with van der Waals surface area (Å²) in [5.41, 5.74) is 0.349. The number of likely N-dealkylation sites (N-methyl/N-ethyl adjacent to an activating group) is 1. The van der Waals surface area contributed by atoms with Crippen LogP contribution in [0.3, 0.4) is 0 Å². The number of hydrogen-bond acceptors (Lipinski definition) is 5. The van der Waals surface area contributed by atoms with Crippen molar-refractivity contribution in [1.29, 1.82) is 0 Å². The molecule has 0 atom stereocenters. The molecule has 2 rings (SSSR count). The third-order valence-electron chi connectivity index (χ3n) is 4.21. The molecule has 0 fully saturated rings. The second-order valence-corrected chi connectivity index (χ2v) is 7.22. The summed E-state index contributed by atoms with van der Waals surface area (Å²) in [5, 5.41) is 3.38. The van der Waals surface area contributed by atoms with E-state index in [2.05, 4.69) is 15.3 Å². The van der Waals surface area contributed by atoms with E-state index in [9.17, 15) is 9.59 Å². The van der Waals surface area contributed by atoms with Gasteiger partial charge in [-0.25, -0.2) is 9.97 Å². The van der Waals surface area contributed by atoms with Crippen molar-refractivity contribution in [1.82, 2.24) is 14.9 Å². The zero-order valence-corrected chi connectivity index (χ0v) is 18.6. The predicted molar refractivity (Wildman–Crippen MR) is 117 cm³/mol. The first-order valence-electron chi connectivity index (χ1n) is 9.12. The van der Waals surface area contributed by atoms with E-state index in [1.807, 2.05) is 18.7 Å². The minimum Gasteiger partial charge on any atom is -0.341 e. The van der Waals surface area contributed by atoms with E-state index in [0.29, 0.717) is 34.8 Å². The molecule has 156 valence electrons. The molecule has 7 nitrogen and oxygen atoms in total. The molecule has 0 unspecified atom stereocenters. The molecule has 0 saturated heterocycles. The van der Waals surface area contributed by atoms with Crippen LogP contribution in [0.1, 0.15) is 31.3 Å². The standard InChI is InChI=1S/C19H22Cl3N5O2/c1-4-26(5-2)19-23-10-14(22)17(25-19)18(29)27(6-3)11-15(28)24-16-12(20)8-7-9-13(16)21/h7-10H,4-6,11H2,1-3H3,(H,24,28). The summed E-state index contributed by atoms with van der Waals surface area (Å²) in [6, 6.07) is 4.90. The van der Waals surface area contributed by atoms with Crippen molar-refractivity contribution in [3.05, 3.63) is 45.2 Å². The number of anilines is 2. The van der Waals surface area contributed by atoms with Gasteiger partial charge in [0.05, 0.1) is 27.0 Å². The molecule has 2 aromatic rings. The van der Waals surface area contributed by atoms with Gasteiger partial charge in [0.15, 0.2) is 5.69 Å². The Kier molecular flexibility index (Phi) is 8.49. The molecule has 0 aliphatic carbocycles. The minimum atomic E-state index is -0.464. The molecule has 10 heteroatoms. The molecule has 0 saturated carbocycles. The first kappa shape index (κ1) is 23.2. The minimum absolute atomic E-state index is 0.0500. The third-order valence-corrected chi connectivity index (χ3v) is 5.12. The van der Waals surface area contributed by atoms with Gasteiger partial charge in [0.1, 0.15) is 6.54 Å². The van der Waals surface area contributed by atoms with Crippen molar-refractivity contribution in [2.45, 2.75) is 20.8 Å². The monoisotopic (exact) mass is 457 g/mol. The molecule has 0 radical (unpaired) electrons. The number of nitrogens with zero attached hydrogens (tertiary/aromatic N) is 4. The van der Waals surface area contributed by atoms with Crippen LogP contribution >= 0.6 is 34.8 Å². The molecule has 0 aliphatic rings. The Bertz CT molecular complexity index is 870. The van der Waals surface area contributed by atoms with E-state index < -0.39 is 11.8 Å². The number of para-hydroxylation sites is 1. The lowest BCUT2D eigenvalue weighted by molar-refractivity contribution is -0.116. The van der Waals surface area contributed by atoms with E-state index in [-0.39, 0.29) is 23.8 Å². The van der Waals surface area contributed by atoms with E-state index in [1.165, 1.54) is 11.1 Å². The lowest BCUT2D eigenvalue weighted by Crippen LogP contribution is -2.38. The first-order valence-corrected chi connectivity index (χ1v) is 10.3. The van der Waals surface area contributed by atoms with Crippen LogP contribution < -0.4 is 10.2 Å². The van der Waals surface area contributed by atoms with Crippen molar-refractivity contribution in [3.63, 3.8) is 0 Å². The Morgan fingerprint density at radius 3 is 2.17 bits per heavy atom. The van der Waals surface area contributed by atoms with Gasteiger partial charge in [0.25, 0.3) is 5.91 Å². The maximum absolute atomic E-state index is 13.0. The van der Waals surface area contributed by atoms with Gasteiger partial charge in [-0.15, -0.1) is 0 Å². The zero-order valence-electron chi connectivity index (χ0n) is 16.4. The van der Waals surface area contributed by atoms with E-state index in [1.54, 1.807) is 25.1 Å². The van der Waals surface area contributed by atoms with Crippen LogP contribution in [0.25, 0.3) is 0 Å². The van der Waals surface area contributed by atoms with Crippen LogP contribution in [0, 0.1) is 0 Å². The molecule has 0 bridgehead atoms. The fourth-order valence-corrected chi connectivity index (χ4v) is 3.28. The largest absolute Gasteiger partial charge is 0.341 e. The summed E-state index contributed by atoms with van der Waals surface area (Å²) in [6.07, 6.45) is 1.40. The molecule has 1 aromatic carbocycles. The molecule has 1 aromatic heterocycles. The summed E-state index contributed by atoms with van der Waals surface area (Å²) in [6.45, 7) is 7.13. The van der Waals surface area contributed by atoms with E-state index in [4.69, 9.17) is 34.8 Å². The van der Waals surface area contributed by atoms with Gasteiger partial charge < -0.3 is 15.1 Å². The Labute approximate surface area is 185 Å². The third kappa shape index (κ3) is 5.72. The van der Waals surface area contributed by atoms with E-state index in [0.717, 1.165) is 0 Å². The summed E-state index contributed by atoms with van der Waals surface area (Å²) in [5.74, 6) is -0.496. The molecule has 1 heterocycles. The Hall–Kier alpha value is -2.09. The fourth-order valence-electron chi connectivity index (χ4n) is 2.61. The molecule has 0 spiro atoms. The lowest BCUT2D eigenvalue weighted by atomic mass is 10.3. The lowest BCUT2D eigenvalue weighted by Gasteiger charge is -2.22. The Morgan fingerprint density at radius 1 is 1.00 bits per heavy atom. The number of hydrogen-bond donors (Lipinski definition) is 1. The number of amides is 2. The number of aromatic nitrogens is 2. The maximum Gasteiger partial charge on any atom is 0.274 e. The van der Waals surface area contributed by atoms with Crippen molar-refractivity contribution >= 4 is 58.3 Å². The van der Waals surface area contributed by atoms with E-state index >= 15 is 0 Å². The highest BCUT2D eigenvalue weighted by Crippen LogP contribution is 2.29. The van der Waals surface area contributed by atoms with Crippen molar-refractivity contribution < 1.29 is 9.59 Å². The number of nitrogens with one attached hydrogen (secondary N) is 1. The summed E-state index contributed by atoms with van der Waals surface area (Å²) < 4.78 is 0. The Morgan fingerprint density at radius 2 is 1.62 bits per heavy atom. The smallest absolute Gasteiger partial charge is 0.274 e. The number of rotatable bonds is 8. The van der Waals surface area contributed by atoms with Crippen molar-refractivity contribution in [2.24, 2.45) is 0 Å². The van der Waals surface area contributed by atoms with Gasteiger partial charge in [0, 0.05) is 19.6 Å². The van der Waals surface area contributed by atoms with Crippen LogP contribution in [0.4, 0.5) is 11.6 Å². The molecule has 2 amide bonds. The van der Waals surface area contributed by atoms with Gasteiger partial charge >= 0.3 is 0 Å². The van der Waals surface area contributed by atoms with Crippen LogP contribution in [-0.4, -0.2) is 52.9 Å². The average Bonchev–Trinajstić information content (AvgIpc) is 2.70. The quantitative estimate of drug-likeness (QED) is 0.635. The zero-order chi connectivity index (χ0) is 21.6. The molecule has 29 heavy (non-hydrogen) atoms. The van der Waals surface area contributed by atoms with Crippen molar-refractivity contribution in [3.8, 4) is 0 Å². The average molecular weight is 459 g/mol. The highest BCUT2D eigenvalue weighted by Gasteiger charge is 2.23. The summed E-state index contributed by atoms with van der Waals surface area (Å²) >= 11 is 18.3.